The van der Waals surface area contributed by atoms with Crippen LogP contribution in [0.4, 0.5) is 0 Å². The average Bonchev–Trinajstić information content (AvgIpc) is 1.94. The van der Waals surface area contributed by atoms with Gasteiger partial charge in [0.2, 0.25) is 0 Å². The second kappa shape index (κ2) is 3.19. The van der Waals surface area contributed by atoms with Crippen molar-refractivity contribution < 1.29 is 15.0 Å². The molecule has 0 amide bonds. The number of aliphatic hydroxyl groups is 1. The van der Waals surface area contributed by atoms with Gasteiger partial charge in [0.25, 0.3) is 0 Å². The maximum Gasteiger partial charge on any atom is 0.306 e. The van der Waals surface area contributed by atoms with E-state index in [2.05, 4.69) is 0 Å². The van der Waals surface area contributed by atoms with Gasteiger partial charge >= 0.3 is 5.97 Å². The van der Waals surface area contributed by atoms with Crippen LogP contribution >= 0.6 is 0 Å². The van der Waals surface area contributed by atoms with Gasteiger partial charge in [-0.2, -0.15) is 0 Å². The molecule has 64 valence electrons. The second-order valence-corrected chi connectivity index (χ2v) is 3.08. The quantitative estimate of drug-likeness (QED) is 0.484. The highest BCUT2D eigenvalue weighted by Crippen LogP contribution is 2.23. The highest BCUT2D eigenvalue weighted by atomic mass is 16.4. The molecule has 0 saturated heterocycles. The average molecular weight is 159 g/mol. The van der Waals surface area contributed by atoms with Crippen LogP contribution in [-0.4, -0.2) is 28.3 Å². The molecule has 1 aliphatic rings. The van der Waals surface area contributed by atoms with Crippen molar-refractivity contribution in [2.75, 3.05) is 0 Å². The first-order valence-electron chi connectivity index (χ1n) is 3.77. The van der Waals surface area contributed by atoms with Crippen LogP contribution in [0.2, 0.25) is 0 Å². The number of carboxylic acid groups (broad SMARTS) is 1. The third-order valence-corrected chi connectivity index (χ3v) is 2.22. The number of carboxylic acids is 1. The Bertz CT molecular complexity index is 160. The van der Waals surface area contributed by atoms with E-state index in [0.29, 0.717) is 19.3 Å². The van der Waals surface area contributed by atoms with E-state index >= 15 is 0 Å². The smallest absolute Gasteiger partial charge is 0.306 e. The van der Waals surface area contributed by atoms with E-state index in [4.69, 9.17) is 10.8 Å². The standard InChI is InChI=1S/C7H13NO3/c8-5-2-1-4(7(10)11)3-6(5)9/h4-6,9H,1-3,8H2,(H,10,11)/t4-,5-,6+/m1/s1. The second-order valence-electron chi connectivity index (χ2n) is 3.08. The lowest BCUT2D eigenvalue weighted by Crippen LogP contribution is -2.41. The van der Waals surface area contributed by atoms with Crippen molar-refractivity contribution in [2.45, 2.75) is 31.4 Å². The number of aliphatic carboxylic acids is 1. The van der Waals surface area contributed by atoms with Gasteiger partial charge in [-0.05, 0) is 19.3 Å². The summed E-state index contributed by atoms with van der Waals surface area (Å²) in [5.41, 5.74) is 5.50. The molecule has 0 aromatic carbocycles. The highest BCUT2D eigenvalue weighted by Gasteiger charge is 2.30. The van der Waals surface area contributed by atoms with Gasteiger partial charge in [-0.25, -0.2) is 0 Å². The van der Waals surface area contributed by atoms with E-state index < -0.39 is 18.0 Å². The number of hydrogen-bond donors (Lipinski definition) is 3. The number of aliphatic hydroxyl groups excluding tert-OH is 1. The van der Waals surface area contributed by atoms with Crippen LogP contribution in [0.1, 0.15) is 19.3 Å². The first kappa shape index (κ1) is 8.49. The summed E-state index contributed by atoms with van der Waals surface area (Å²) in [6.07, 6.45) is 0.868. The molecule has 4 heteroatoms. The monoisotopic (exact) mass is 159 g/mol. The van der Waals surface area contributed by atoms with Crippen molar-refractivity contribution >= 4 is 5.97 Å². The van der Waals surface area contributed by atoms with Gasteiger partial charge < -0.3 is 15.9 Å². The van der Waals surface area contributed by atoms with Crippen molar-refractivity contribution in [3.05, 3.63) is 0 Å². The Hall–Kier alpha value is -0.610. The van der Waals surface area contributed by atoms with E-state index in [1.807, 2.05) is 0 Å². The molecule has 1 saturated carbocycles. The summed E-state index contributed by atoms with van der Waals surface area (Å²) in [7, 11) is 0. The van der Waals surface area contributed by atoms with Crippen molar-refractivity contribution in [1.82, 2.24) is 0 Å². The molecule has 4 nitrogen and oxygen atoms in total. The normalized spacial score (nSPS) is 38.5. The topological polar surface area (TPSA) is 83.6 Å². The van der Waals surface area contributed by atoms with Crippen LogP contribution in [-0.2, 0) is 4.79 Å². The zero-order valence-corrected chi connectivity index (χ0v) is 6.23. The molecule has 0 bridgehead atoms. The molecule has 1 fully saturated rings. The first-order valence-corrected chi connectivity index (χ1v) is 3.77. The van der Waals surface area contributed by atoms with Gasteiger partial charge in [-0.1, -0.05) is 0 Å². The Morgan fingerprint density at radius 2 is 2.09 bits per heavy atom. The summed E-state index contributed by atoms with van der Waals surface area (Å²) < 4.78 is 0. The Morgan fingerprint density at radius 3 is 2.55 bits per heavy atom. The molecule has 3 atom stereocenters. The third kappa shape index (κ3) is 1.91. The minimum atomic E-state index is -0.823. The Labute approximate surface area is 65.0 Å². The number of hydrogen-bond acceptors (Lipinski definition) is 3. The largest absolute Gasteiger partial charge is 0.481 e. The molecular formula is C7H13NO3. The van der Waals surface area contributed by atoms with Gasteiger partial charge in [-0.3, -0.25) is 4.79 Å². The lowest BCUT2D eigenvalue weighted by Gasteiger charge is -2.28. The molecule has 0 spiro atoms. The van der Waals surface area contributed by atoms with Crippen LogP contribution in [0.25, 0.3) is 0 Å². The van der Waals surface area contributed by atoms with Crippen LogP contribution in [0.5, 0.6) is 0 Å². The fourth-order valence-electron chi connectivity index (χ4n) is 1.39. The fourth-order valence-corrected chi connectivity index (χ4v) is 1.39. The van der Waals surface area contributed by atoms with E-state index in [-0.39, 0.29) is 6.04 Å². The molecule has 0 aliphatic heterocycles. The summed E-state index contributed by atoms with van der Waals surface area (Å²) >= 11 is 0. The van der Waals surface area contributed by atoms with Crippen molar-refractivity contribution in [2.24, 2.45) is 11.7 Å². The summed E-state index contributed by atoms with van der Waals surface area (Å²) in [6.45, 7) is 0. The molecule has 0 radical (unpaired) electrons. The maximum atomic E-state index is 10.5. The van der Waals surface area contributed by atoms with Gasteiger partial charge in [0.1, 0.15) is 0 Å². The maximum absolute atomic E-state index is 10.5. The third-order valence-electron chi connectivity index (χ3n) is 2.22. The van der Waals surface area contributed by atoms with E-state index in [1.54, 1.807) is 0 Å². The van der Waals surface area contributed by atoms with Crippen LogP contribution in [0, 0.1) is 5.92 Å². The summed E-state index contributed by atoms with van der Waals surface area (Å²) in [5, 5.41) is 17.8. The SMILES string of the molecule is N[C@@H]1CC[C@@H](C(=O)O)C[C@@H]1O. The van der Waals surface area contributed by atoms with E-state index in [9.17, 15) is 9.90 Å². The first-order chi connectivity index (χ1) is 5.11. The number of nitrogens with two attached hydrogens (primary N) is 1. The summed E-state index contributed by atoms with van der Waals surface area (Å²) in [4.78, 5) is 10.5. The molecule has 0 aromatic heterocycles. The lowest BCUT2D eigenvalue weighted by atomic mass is 9.84. The number of carbonyl (C=O) groups is 1. The van der Waals surface area contributed by atoms with Gasteiger partial charge in [0, 0.05) is 6.04 Å². The molecule has 4 N–H and O–H groups in total. The van der Waals surface area contributed by atoms with Gasteiger partial charge in [-0.15, -0.1) is 0 Å². The summed E-state index contributed by atoms with van der Waals surface area (Å²) in [5.74, 6) is -1.22. The molecule has 11 heavy (non-hydrogen) atoms. The van der Waals surface area contributed by atoms with Crippen molar-refractivity contribution in [1.29, 1.82) is 0 Å². The highest BCUT2D eigenvalue weighted by molar-refractivity contribution is 5.70. The number of rotatable bonds is 1. The minimum absolute atomic E-state index is 0.231. The fraction of sp³-hybridized carbons (Fsp3) is 0.857. The zero-order valence-electron chi connectivity index (χ0n) is 6.23. The van der Waals surface area contributed by atoms with Crippen LogP contribution < -0.4 is 5.73 Å². The Morgan fingerprint density at radius 1 is 1.45 bits per heavy atom. The molecule has 1 rings (SSSR count). The minimum Gasteiger partial charge on any atom is -0.481 e. The predicted molar refractivity (Wildman–Crippen MR) is 39.0 cm³/mol. The summed E-state index contributed by atoms with van der Waals surface area (Å²) in [6, 6.07) is -0.231. The Kier molecular flexibility index (Phi) is 2.46. The molecule has 0 unspecified atom stereocenters. The van der Waals surface area contributed by atoms with Gasteiger partial charge in [0.15, 0.2) is 0 Å². The molecular weight excluding hydrogens is 146 g/mol. The van der Waals surface area contributed by atoms with Crippen LogP contribution in [0.3, 0.4) is 0 Å². The lowest BCUT2D eigenvalue weighted by molar-refractivity contribution is -0.144. The predicted octanol–water partition coefficient (Wildman–Crippen LogP) is -0.441. The van der Waals surface area contributed by atoms with Crippen molar-refractivity contribution in [3.8, 4) is 0 Å². The van der Waals surface area contributed by atoms with Crippen LogP contribution in [0.15, 0.2) is 0 Å². The van der Waals surface area contributed by atoms with Crippen molar-refractivity contribution in [3.63, 3.8) is 0 Å². The Balaban J connectivity index is 2.46. The zero-order chi connectivity index (χ0) is 8.43. The van der Waals surface area contributed by atoms with Gasteiger partial charge in [0.05, 0.1) is 12.0 Å². The molecule has 0 aromatic rings. The molecule has 0 heterocycles. The van der Waals surface area contributed by atoms with E-state index in [1.165, 1.54) is 0 Å². The molecule has 1 aliphatic carbocycles. The van der Waals surface area contributed by atoms with E-state index in [0.717, 1.165) is 0 Å².